The number of rotatable bonds is 4. The molecule has 0 bridgehead atoms. The third-order valence-corrected chi connectivity index (χ3v) is 4.38. The smallest absolute Gasteiger partial charge is 0.190 e. The first-order valence-electron chi connectivity index (χ1n) is 6.85. The highest BCUT2D eigenvalue weighted by molar-refractivity contribution is 7.15. The summed E-state index contributed by atoms with van der Waals surface area (Å²) in [6, 6.07) is 7.85. The van der Waals surface area contributed by atoms with Crippen LogP contribution in [0.15, 0.2) is 24.3 Å². The van der Waals surface area contributed by atoms with Crippen LogP contribution in [-0.4, -0.2) is 24.2 Å². The summed E-state index contributed by atoms with van der Waals surface area (Å²) in [5.74, 6) is 0.814. The lowest BCUT2D eigenvalue weighted by atomic mass is 9.91. The minimum atomic E-state index is -0.0813. The van der Waals surface area contributed by atoms with Gasteiger partial charge in [-0.1, -0.05) is 38.2 Å². The summed E-state index contributed by atoms with van der Waals surface area (Å²) in [4.78, 5) is 7.67. The summed E-state index contributed by atoms with van der Waals surface area (Å²) in [6.45, 7) is 6.35. The Hall–Kier alpha value is -1.59. The predicted molar refractivity (Wildman–Crippen MR) is 87.8 cm³/mol. The van der Waals surface area contributed by atoms with Crippen LogP contribution in [0.4, 0.5) is 10.8 Å². The zero-order valence-corrected chi connectivity index (χ0v) is 14.0. The second kappa shape index (κ2) is 6.03. The fourth-order valence-corrected chi connectivity index (χ4v) is 3.22. The summed E-state index contributed by atoms with van der Waals surface area (Å²) in [6.07, 6.45) is 0. The molecule has 2 rings (SSSR count). The monoisotopic (exact) mass is 306 g/mol. The molecule has 2 aromatic rings. The number of benzene rings is 1. The van der Waals surface area contributed by atoms with Gasteiger partial charge in [-0.2, -0.15) is 0 Å². The Balaban J connectivity index is 2.39. The van der Waals surface area contributed by atoms with Crippen molar-refractivity contribution in [3.05, 3.63) is 34.8 Å². The average molecular weight is 306 g/mol. The number of ether oxygens (including phenoxy) is 1. The van der Waals surface area contributed by atoms with Gasteiger partial charge in [0.25, 0.3) is 0 Å². The van der Waals surface area contributed by atoms with Crippen molar-refractivity contribution in [1.82, 2.24) is 4.98 Å². The van der Waals surface area contributed by atoms with E-state index >= 15 is 0 Å². The van der Waals surface area contributed by atoms with E-state index in [2.05, 4.69) is 20.8 Å². The van der Waals surface area contributed by atoms with E-state index in [1.54, 1.807) is 7.11 Å². The highest BCUT2D eigenvalue weighted by Crippen LogP contribution is 2.36. The van der Waals surface area contributed by atoms with E-state index < -0.39 is 0 Å². The first-order valence-corrected chi connectivity index (χ1v) is 7.67. The normalized spacial score (nSPS) is 11.5. The minimum absolute atomic E-state index is 0.0240. The van der Waals surface area contributed by atoms with Gasteiger partial charge in [-0.3, -0.25) is 0 Å². The molecule has 0 spiro atoms. The highest BCUT2D eigenvalue weighted by atomic mass is 32.1. The van der Waals surface area contributed by atoms with Crippen molar-refractivity contribution in [2.24, 2.45) is 0 Å². The van der Waals surface area contributed by atoms with Crippen LogP contribution < -0.4 is 9.64 Å². The van der Waals surface area contributed by atoms with E-state index in [0.29, 0.717) is 0 Å². The molecule has 0 radical (unpaired) electrons. The molecule has 0 saturated heterocycles. The van der Waals surface area contributed by atoms with Gasteiger partial charge in [0.2, 0.25) is 0 Å². The van der Waals surface area contributed by atoms with Crippen LogP contribution in [-0.2, 0) is 12.0 Å². The Morgan fingerprint density at radius 1 is 1.33 bits per heavy atom. The lowest BCUT2D eigenvalue weighted by Gasteiger charge is -2.18. The van der Waals surface area contributed by atoms with Crippen molar-refractivity contribution >= 4 is 22.2 Å². The van der Waals surface area contributed by atoms with E-state index in [4.69, 9.17) is 9.72 Å². The largest absolute Gasteiger partial charge is 0.497 e. The number of thiazole rings is 1. The van der Waals surface area contributed by atoms with Crippen LogP contribution in [0.5, 0.6) is 5.75 Å². The number of aliphatic hydroxyl groups is 1. The highest BCUT2D eigenvalue weighted by Gasteiger charge is 2.24. The Morgan fingerprint density at radius 2 is 2.05 bits per heavy atom. The zero-order valence-electron chi connectivity index (χ0n) is 13.2. The summed E-state index contributed by atoms with van der Waals surface area (Å²) in [7, 11) is 3.63. The lowest BCUT2D eigenvalue weighted by molar-refractivity contribution is 0.282. The second-order valence-corrected chi connectivity index (χ2v) is 7.00. The summed E-state index contributed by atoms with van der Waals surface area (Å²) >= 11 is 1.53. The fraction of sp³-hybridized carbons (Fsp3) is 0.438. The van der Waals surface area contributed by atoms with Gasteiger partial charge in [-0.25, -0.2) is 4.98 Å². The van der Waals surface area contributed by atoms with E-state index in [0.717, 1.165) is 27.1 Å². The molecule has 0 aliphatic heterocycles. The van der Waals surface area contributed by atoms with Crippen LogP contribution in [0.25, 0.3) is 0 Å². The molecule has 0 saturated carbocycles. The number of hydrogen-bond acceptors (Lipinski definition) is 5. The van der Waals surface area contributed by atoms with E-state index in [-0.39, 0.29) is 12.0 Å². The minimum Gasteiger partial charge on any atom is -0.497 e. The number of anilines is 2. The lowest BCUT2D eigenvalue weighted by Crippen LogP contribution is -2.15. The molecule has 0 fully saturated rings. The third kappa shape index (κ3) is 3.36. The van der Waals surface area contributed by atoms with Crippen LogP contribution in [0.3, 0.4) is 0 Å². The van der Waals surface area contributed by atoms with Crippen molar-refractivity contribution in [2.75, 3.05) is 19.1 Å². The molecular weight excluding hydrogens is 284 g/mol. The quantitative estimate of drug-likeness (QED) is 0.935. The van der Waals surface area contributed by atoms with Gasteiger partial charge in [-0.05, 0) is 12.1 Å². The van der Waals surface area contributed by atoms with Crippen molar-refractivity contribution in [2.45, 2.75) is 32.8 Å². The second-order valence-electron chi connectivity index (χ2n) is 5.94. The van der Waals surface area contributed by atoms with E-state index in [1.165, 1.54) is 11.3 Å². The van der Waals surface area contributed by atoms with Crippen molar-refractivity contribution in [1.29, 1.82) is 0 Å². The van der Waals surface area contributed by atoms with E-state index in [1.807, 2.05) is 36.2 Å². The maximum absolute atomic E-state index is 9.56. The molecule has 0 atom stereocenters. The number of hydrogen-bond donors (Lipinski definition) is 1. The van der Waals surface area contributed by atoms with Gasteiger partial charge in [-0.15, -0.1) is 0 Å². The number of methoxy groups -OCH3 is 1. The van der Waals surface area contributed by atoms with Gasteiger partial charge < -0.3 is 14.7 Å². The topological polar surface area (TPSA) is 45.6 Å². The third-order valence-electron chi connectivity index (χ3n) is 3.27. The Bertz CT molecular complexity index is 617. The Morgan fingerprint density at radius 3 is 2.57 bits per heavy atom. The van der Waals surface area contributed by atoms with Gasteiger partial charge in [0.1, 0.15) is 5.75 Å². The molecule has 4 nitrogen and oxygen atoms in total. The van der Waals surface area contributed by atoms with Crippen LogP contribution >= 0.6 is 11.3 Å². The Labute approximate surface area is 130 Å². The zero-order chi connectivity index (χ0) is 15.6. The molecule has 0 amide bonds. The molecule has 1 N–H and O–H groups in total. The molecule has 21 heavy (non-hydrogen) atoms. The number of aliphatic hydroxyl groups excluding tert-OH is 1. The maximum atomic E-state index is 9.56. The van der Waals surface area contributed by atoms with Gasteiger partial charge in [0.05, 0.1) is 24.3 Å². The summed E-state index contributed by atoms with van der Waals surface area (Å²) in [5, 5.41) is 10.4. The maximum Gasteiger partial charge on any atom is 0.190 e. The van der Waals surface area contributed by atoms with E-state index in [9.17, 15) is 5.11 Å². The van der Waals surface area contributed by atoms with Gasteiger partial charge >= 0.3 is 0 Å². The first kappa shape index (κ1) is 15.8. The standard InChI is InChI=1S/C16H22N2O2S/c1-16(2,3)14-13(10-19)21-15(17-14)18(4)11-7-6-8-12(9-11)20-5/h6-9,19H,10H2,1-5H3. The van der Waals surface area contributed by atoms with Crippen LogP contribution in [0.2, 0.25) is 0 Å². The number of aromatic nitrogens is 1. The molecule has 0 aliphatic carbocycles. The summed E-state index contributed by atoms with van der Waals surface area (Å²) in [5.41, 5.74) is 1.88. The molecule has 5 heteroatoms. The van der Waals surface area contributed by atoms with Crippen LogP contribution in [0, 0.1) is 0 Å². The summed E-state index contributed by atoms with van der Waals surface area (Å²) < 4.78 is 5.26. The molecule has 0 unspecified atom stereocenters. The molecule has 114 valence electrons. The SMILES string of the molecule is COc1cccc(N(C)c2nc(C(C)(C)C)c(CO)s2)c1. The van der Waals surface area contributed by atoms with Crippen molar-refractivity contribution in [3.8, 4) is 5.75 Å². The molecule has 0 aliphatic rings. The molecule has 1 aromatic carbocycles. The van der Waals surface area contributed by atoms with Crippen molar-refractivity contribution in [3.63, 3.8) is 0 Å². The average Bonchev–Trinajstić information content (AvgIpc) is 2.91. The number of nitrogens with zero attached hydrogens (tertiary/aromatic N) is 2. The van der Waals surface area contributed by atoms with Crippen molar-refractivity contribution < 1.29 is 9.84 Å². The predicted octanol–water partition coefficient (Wildman–Crippen LogP) is 3.71. The first-order chi connectivity index (χ1) is 9.86. The molecule has 1 aromatic heterocycles. The van der Waals surface area contributed by atoms with Crippen LogP contribution in [0.1, 0.15) is 31.3 Å². The van der Waals surface area contributed by atoms with Gasteiger partial charge in [0, 0.05) is 24.2 Å². The molecular formula is C16H22N2O2S. The fourth-order valence-electron chi connectivity index (χ4n) is 2.11. The molecule has 1 heterocycles. The van der Waals surface area contributed by atoms with Gasteiger partial charge in [0.15, 0.2) is 5.13 Å². The Kier molecular flexibility index (Phi) is 4.54.